The summed E-state index contributed by atoms with van der Waals surface area (Å²) in [6, 6.07) is 4.33. The maximum absolute atomic E-state index is 12.2. The molecule has 1 amide bonds. The maximum atomic E-state index is 12.2. The zero-order valence-electron chi connectivity index (χ0n) is 13.0. The molecule has 0 spiro atoms. The topological polar surface area (TPSA) is 75.5 Å². The number of carbonyl (C=O) groups is 1. The van der Waals surface area contributed by atoms with Crippen LogP contribution in [0.1, 0.15) is 37.0 Å². The van der Waals surface area contributed by atoms with Gasteiger partial charge >= 0.3 is 0 Å². The van der Waals surface area contributed by atoms with Gasteiger partial charge in [-0.3, -0.25) is 14.9 Å². The van der Waals surface area contributed by atoms with Gasteiger partial charge < -0.3 is 10.2 Å². The normalized spacial score (nSPS) is 10.5. The summed E-state index contributed by atoms with van der Waals surface area (Å²) in [5.41, 5.74) is 0.925. The van der Waals surface area contributed by atoms with Crippen LogP contribution in [0.3, 0.4) is 0 Å². The van der Waals surface area contributed by atoms with E-state index < -0.39 is 4.92 Å². The van der Waals surface area contributed by atoms with Crippen LogP contribution in [0.4, 0.5) is 11.4 Å². The van der Waals surface area contributed by atoms with Crippen LogP contribution in [0.15, 0.2) is 18.2 Å². The molecule has 0 aliphatic heterocycles. The molecule has 6 nitrogen and oxygen atoms in total. The third kappa shape index (κ3) is 5.06. The SMILES string of the molecule is CC(C)CCCNC(=O)c1cc([N+](=O)[O-])ccc1N(C)C. The number of nitrogens with one attached hydrogen (secondary N) is 1. The van der Waals surface area contributed by atoms with Crippen molar-refractivity contribution in [2.24, 2.45) is 5.92 Å². The van der Waals surface area contributed by atoms with Crippen molar-refractivity contribution in [3.05, 3.63) is 33.9 Å². The number of carbonyl (C=O) groups excluding carboxylic acids is 1. The molecule has 0 aromatic heterocycles. The lowest BCUT2D eigenvalue weighted by Crippen LogP contribution is -2.27. The van der Waals surface area contributed by atoms with Gasteiger partial charge in [-0.25, -0.2) is 0 Å². The summed E-state index contributed by atoms with van der Waals surface area (Å²) >= 11 is 0. The van der Waals surface area contributed by atoms with Crippen molar-refractivity contribution in [3.8, 4) is 0 Å². The Labute approximate surface area is 125 Å². The summed E-state index contributed by atoms with van der Waals surface area (Å²) in [7, 11) is 3.60. The molecular weight excluding hydrogens is 270 g/mol. The standard InChI is InChI=1S/C15H23N3O3/c1-11(2)6-5-9-16-15(19)13-10-12(18(20)21)7-8-14(13)17(3)4/h7-8,10-11H,5-6,9H2,1-4H3,(H,16,19). The van der Waals surface area contributed by atoms with Crippen LogP contribution >= 0.6 is 0 Å². The molecule has 21 heavy (non-hydrogen) atoms. The highest BCUT2D eigenvalue weighted by Gasteiger charge is 2.17. The van der Waals surface area contributed by atoms with Crippen molar-refractivity contribution in [2.45, 2.75) is 26.7 Å². The van der Waals surface area contributed by atoms with E-state index >= 15 is 0 Å². The van der Waals surface area contributed by atoms with Crippen molar-refractivity contribution in [3.63, 3.8) is 0 Å². The Hall–Kier alpha value is -2.11. The van der Waals surface area contributed by atoms with E-state index in [2.05, 4.69) is 19.2 Å². The lowest BCUT2D eigenvalue weighted by Gasteiger charge is -2.17. The number of nitro groups is 1. The number of amides is 1. The van der Waals surface area contributed by atoms with E-state index in [-0.39, 0.29) is 11.6 Å². The molecule has 1 N–H and O–H groups in total. The largest absolute Gasteiger partial charge is 0.377 e. The number of nitrogens with zero attached hydrogens (tertiary/aromatic N) is 2. The molecule has 116 valence electrons. The summed E-state index contributed by atoms with van der Waals surface area (Å²) in [5.74, 6) is 0.322. The van der Waals surface area contributed by atoms with Crippen LogP contribution in [-0.4, -0.2) is 31.5 Å². The molecule has 0 saturated heterocycles. The quantitative estimate of drug-likeness (QED) is 0.476. The minimum absolute atomic E-state index is 0.0760. The first-order valence-corrected chi connectivity index (χ1v) is 7.07. The summed E-state index contributed by atoms with van der Waals surface area (Å²) in [4.78, 5) is 24.4. The Kier molecular flexibility index (Phi) is 6.14. The molecule has 0 heterocycles. The van der Waals surface area contributed by atoms with E-state index in [0.717, 1.165) is 12.8 Å². The Morgan fingerprint density at radius 3 is 2.57 bits per heavy atom. The van der Waals surface area contributed by atoms with E-state index in [0.29, 0.717) is 23.7 Å². The molecule has 1 rings (SSSR count). The number of hydrogen-bond acceptors (Lipinski definition) is 4. The van der Waals surface area contributed by atoms with Crippen molar-refractivity contribution in [2.75, 3.05) is 25.5 Å². The summed E-state index contributed by atoms with van der Waals surface area (Å²) < 4.78 is 0. The lowest BCUT2D eigenvalue weighted by molar-refractivity contribution is -0.384. The number of anilines is 1. The summed E-state index contributed by atoms with van der Waals surface area (Å²) in [5, 5.41) is 13.7. The second-order valence-corrected chi connectivity index (χ2v) is 5.64. The highest BCUT2D eigenvalue weighted by molar-refractivity contribution is 6.00. The molecule has 0 saturated carbocycles. The van der Waals surface area contributed by atoms with E-state index in [1.54, 1.807) is 25.1 Å². The molecule has 6 heteroatoms. The van der Waals surface area contributed by atoms with Crippen LogP contribution in [0, 0.1) is 16.0 Å². The monoisotopic (exact) mass is 293 g/mol. The molecule has 0 bridgehead atoms. The Morgan fingerprint density at radius 1 is 1.38 bits per heavy atom. The third-order valence-electron chi connectivity index (χ3n) is 3.16. The van der Waals surface area contributed by atoms with Crippen molar-refractivity contribution in [1.82, 2.24) is 5.32 Å². The van der Waals surface area contributed by atoms with Crippen molar-refractivity contribution in [1.29, 1.82) is 0 Å². The highest BCUT2D eigenvalue weighted by atomic mass is 16.6. The molecule has 0 fully saturated rings. The molecule has 1 aromatic carbocycles. The number of non-ortho nitro benzene ring substituents is 1. The Balaban J connectivity index is 2.85. The van der Waals surface area contributed by atoms with Crippen LogP contribution in [0.2, 0.25) is 0 Å². The van der Waals surface area contributed by atoms with Gasteiger partial charge in [0.15, 0.2) is 0 Å². The minimum Gasteiger partial charge on any atom is -0.377 e. The molecular formula is C15H23N3O3. The average molecular weight is 293 g/mol. The molecule has 0 radical (unpaired) electrons. The fraction of sp³-hybridized carbons (Fsp3) is 0.533. The Bertz CT molecular complexity index is 513. The first-order chi connectivity index (χ1) is 9.82. The number of benzene rings is 1. The average Bonchev–Trinajstić information content (AvgIpc) is 2.42. The summed E-state index contributed by atoms with van der Waals surface area (Å²) in [6.07, 6.45) is 1.94. The van der Waals surface area contributed by atoms with E-state index in [4.69, 9.17) is 0 Å². The Morgan fingerprint density at radius 2 is 2.05 bits per heavy atom. The van der Waals surface area contributed by atoms with Crippen molar-refractivity contribution >= 4 is 17.3 Å². The lowest BCUT2D eigenvalue weighted by atomic mass is 10.1. The van der Waals surface area contributed by atoms with Crippen LogP contribution < -0.4 is 10.2 Å². The van der Waals surface area contributed by atoms with Crippen molar-refractivity contribution < 1.29 is 9.72 Å². The van der Waals surface area contributed by atoms with Gasteiger partial charge in [-0.2, -0.15) is 0 Å². The molecule has 0 aliphatic carbocycles. The van der Waals surface area contributed by atoms with Gasteiger partial charge in [0.2, 0.25) is 0 Å². The second kappa shape index (κ2) is 7.61. The highest BCUT2D eigenvalue weighted by Crippen LogP contribution is 2.24. The molecule has 0 aliphatic rings. The van der Waals surface area contributed by atoms with Crippen LogP contribution in [0.25, 0.3) is 0 Å². The third-order valence-corrected chi connectivity index (χ3v) is 3.16. The van der Waals surface area contributed by atoms with Gasteiger partial charge in [-0.1, -0.05) is 13.8 Å². The number of nitro benzene ring substituents is 1. The maximum Gasteiger partial charge on any atom is 0.270 e. The molecule has 1 aromatic rings. The molecule has 0 atom stereocenters. The molecule has 0 unspecified atom stereocenters. The van der Waals surface area contributed by atoms with E-state index in [1.807, 2.05) is 0 Å². The zero-order chi connectivity index (χ0) is 16.0. The zero-order valence-corrected chi connectivity index (χ0v) is 13.0. The smallest absolute Gasteiger partial charge is 0.270 e. The van der Waals surface area contributed by atoms with Gasteiger partial charge in [0, 0.05) is 38.5 Å². The number of rotatable bonds is 7. The van der Waals surface area contributed by atoms with Gasteiger partial charge in [0.1, 0.15) is 0 Å². The van der Waals surface area contributed by atoms with E-state index in [9.17, 15) is 14.9 Å². The first-order valence-electron chi connectivity index (χ1n) is 7.07. The van der Waals surface area contributed by atoms with Gasteiger partial charge in [-0.15, -0.1) is 0 Å². The second-order valence-electron chi connectivity index (χ2n) is 5.64. The summed E-state index contributed by atoms with van der Waals surface area (Å²) in [6.45, 7) is 4.84. The van der Waals surface area contributed by atoms with E-state index in [1.165, 1.54) is 12.1 Å². The predicted molar refractivity (Wildman–Crippen MR) is 83.8 cm³/mol. The predicted octanol–water partition coefficient (Wildman–Crippen LogP) is 2.83. The fourth-order valence-corrected chi connectivity index (χ4v) is 2.02. The van der Waals surface area contributed by atoms with Crippen LogP contribution in [0.5, 0.6) is 0 Å². The van der Waals surface area contributed by atoms with Crippen LogP contribution in [-0.2, 0) is 0 Å². The minimum atomic E-state index is -0.491. The fourth-order valence-electron chi connectivity index (χ4n) is 2.02. The first kappa shape index (κ1) is 16.9. The van der Waals surface area contributed by atoms with Gasteiger partial charge in [0.05, 0.1) is 10.5 Å². The van der Waals surface area contributed by atoms with Gasteiger partial charge in [0.25, 0.3) is 11.6 Å². The number of hydrogen-bond donors (Lipinski definition) is 1. The van der Waals surface area contributed by atoms with Gasteiger partial charge in [-0.05, 0) is 24.8 Å².